The first kappa shape index (κ1) is 7.86. The number of nitrogens with one attached hydrogen (secondary N) is 1. The fourth-order valence-electron chi connectivity index (χ4n) is 1.44. The SMILES string of the molecule is O=CNN1CC=Cc2ccccc21. The van der Waals surface area contributed by atoms with Crippen molar-refractivity contribution in [1.29, 1.82) is 0 Å². The minimum atomic E-state index is 0.690. The lowest BCUT2D eigenvalue weighted by Gasteiger charge is -2.26. The van der Waals surface area contributed by atoms with Crippen molar-refractivity contribution >= 4 is 18.2 Å². The lowest BCUT2D eigenvalue weighted by molar-refractivity contribution is -0.109. The molecule has 0 saturated carbocycles. The van der Waals surface area contributed by atoms with E-state index in [-0.39, 0.29) is 0 Å². The molecule has 13 heavy (non-hydrogen) atoms. The molecule has 1 heterocycles. The highest BCUT2D eigenvalue weighted by molar-refractivity contribution is 5.72. The summed E-state index contributed by atoms with van der Waals surface area (Å²) in [6.07, 6.45) is 4.76. The Morgan fingerprint density at radius 3 is 3.08 bits per heavy atom. The number of carbonyl (C=O) groups excluding carboxylic acids is 1. The van der Waals surface area contributed by atoms with Crippen LogP contribution < -0.4 is 10.4 Å². The number of benzene rings is 1. The van der Waals surface area contributed by atoms with Crippen molar-refractivity contribution in [1.82, 2.24) is 5.43 Å². The van der Waals surface area contributed by atoms with Crippen molar-refractivity contribution in [3.8, 4) is 0 Å². The largest absolute Gasteiger partial charge is 0.281 e. The number of fused-ring (bicyclic) bond motifs is 1. The molecule has 0 spiro atoms. The van der Waals surface area contributed by atoms with Gasteiger partial charge in [-0.1, -0.05) is 30.4 Å². The highest BCUT2D eigenvalue weighted by atomic mass is 16.1. The van der Waals surface area contributed by atoms with Gasteiger partial charge in [0.05, 0.1) is 12.2 Å². The molecule has 1 aromatic rings. The third kappa shape index (κ3) is 1.40. The Hall–Kier alpha value is -1.77. The summed E-state index contributed by atoms with van der Waals surface area (Å²) in [5.74, 6) is 0. The van der Waals surface area contributed by atoms with Crippen LogP contribution in [0.5, 0.6) is 0 Å². The van der Waals surface area contributed by atoms with Crippen LogP contribution >= 0.6 is 0 Å². The molecular weight excluding hydrogens is 164 g/mol. The van der Waals surface area contributed by atoms with Crippen molar-refractivity contribution in [2.75, 3.05) is 11.6 Å². The lowest BCUT2D eigenvalue weighted by Crippen LogP contribution is -2.38. The molecule has 1 aliphatic heterocycles. The number of hydrazine groups is 1. The van der Waals surface area contributed by atoms with Crippen LogP contribution in [-0.2, 0) is 4.79 Å². The molecule has 66 valence electrons. The summed E-state index contributed by atoms with van der Waals surface area (Å²) >= 11 is 0. The molecule has 1 N–H and O–H groups in total. The van der Waals surface area contributed by atoms with E-state index in [9.17, 15) is 4.79 Å². The predicted molar refractivity (Wildman–Crippen MR) is 52.0 cm³/mol. The van der Waals surface area contributed by atoms with Gasteiger partial charge in [-0.25, -0.2) is 0 Å². The molecule has 0 aliphatic carbocycles. The summed E-state index contributed by atoms with van der Waals surface area (Å²) in [6, 6.07) is 7.94. The monoisotopic (exact) mass is 174 g/mol. The fraction of sp³-hybridized carbons (Fsp3) is 0.100. The molecule has 0 fully saturated rings. The summed E-state index contributed by atoms with van der Waals surface area (Å²) in [5.41, 5.74) is 4.81. The lowest BCUT2D eigenvalue weighted by atomic mass is 10.1. The van der Waals surface area contributed by atoms with E-state index >= 15 is 0 Å². The van der Waals surface area contributed by atoms with Crippen molar-refractivity contribution in [3.05, 3.63) is 35.9 Å². The zero-order chi connectivity index (χ0) is 9.10. The standard InChI is InChI=1S/C10H10N2O/c13-8-11-12-7-3-5-9-4-1-2-6-10(9)12/h1-6,8H,7H2,(H,11,13). The van der Waals surface area contributed by atoms with Crippen LogP contribution in [0.4, 0.5) is 5.69 Å². The fourth-order valence-corrected chi connectivity index (χ4v) is 1.44. The van der Waals surface area contributed by atoms with Gasteiger partial charge in [0.2, 0.25) is 6.41 Å². The second-order valence-electron chi connectivity index (χ2n) is 2.82. The van der Waals surface area contributed by atoms with E-state index in [0.29, 0.717) is 6.41 Å². The number of amides is 1. The number of rotatable bonds is 2. The Bertz CT molecular complexity index is 347. The third-order valence-electron chi connectivity index (χ3n) is 2.02. The second kappa shape index (κ2) is 3.31. The van der Waals surface area contributed by atoms with E-state index in [4.69, 9.17) is 0 Å². The van der Waals surface area contributed by atoms with E-state index < -0.39 is 0 Å². The molecule has 3 nitrogen and oxygen atoms in total. The minimum absolute atomic E-state index is 0.690. The quantitative estimate of drug-likeness (QED) is 0.683. The van der Waals surface area contributed by atoms with Crippen LogP contribution in [-0.4, -0.2) is 13.0 Å². The summed E-state index contributed by atoms with van der Waals surface area (Å²) in [6.45, 7) is 0.718. The molecule has 0 aromatic heterocycles. The number of nitrogens with zero attached hydrogens (tertiary/aromatic N) is 1. The summed E-state index contributed by atoms with van der Waals surface area (Å²) in [7, 11) is 0. The maximum absolute atomic E-state index is 10.3. The van der Waals surface area contributed by atoms with Gasteiger partial charge in [-0.15, -0.1) is 0 Å². The van der Waals surface area contributed by atoms with Crippen LogP contribution in [0.1, 0.15) is 5.56 Å². The van der Waals surface area contributed by atoms with Crippen molar-refractivity contribution in [2.45, 2.75) is 0 Å². The van der Waals surface area contributed by atoms with Crippen molar-refractivity contribution in [3.63, 3.8) is 0 Å². The van der Waals surface area contributed by atoms with Gasteiger partial charge in [-0.3, -0.25) is 15.2 Å². The summed E-state index contributed by atoms with van der Waals surface area (Å²) in [4.78, 5) is 10.3. The Labute approximate surface area is 76.6 Å². The second-order valence-corrected chi connectivity index (χ2v) is 2.82. The maximum atomic E-state index is 10.3. The minimum Gasteiger partial charge on any atom is -0.281 e. The molecule has 0 bridgehead atoms. The molecule has 2 rings (SSSR count). The number of hydrogen-bond donors (Lipinski definition) is 1. The Balaban J connectivity index is 2.37. The van der Waals surface area contributed by atoms with Crippen LogP contribution in [0.25, 0.3) is 6.08 Å². The molecule has 0 radical (unpaired) electrons. The zero-order valence-corrected chi connectivity index (χ0v) is 7.10. The van der Waals surface area contributed by atoms with Crippen molar-refractivity contribution in [2.24, 2.45) is 0 Å². The van der Waals surface area contributed by atoms with Crippen LogP contribution in [0.3, 0.4) is 0 Å². The van der Waals surface area contributed by atoms with Gasteiger partial charge < -0.3 is 0 Å². The molecule has 3 heteroatoms. The van der Waals surface area contributed by atoms with Gasteiger partial charge in [-0.05, 0) is 11.6 Å². The first-order valence-corrected chi connectivity index (χ1v) is 4.15. The van der Waals surface area contributed by atoms with E-state index in [2.05, 4.69) is 11.5 Å². The van der Waals surface area contributed by atoms with Gasteiger partial charge in [0.15, 0.2) is 0 Å². The number of anilines is 1. The normalized spacial score (nSPS) is 13.7. The highest BCUT2D eigenvalue weighted by Gasteiger charge is 2.10. The van der Waals surface area contributed by atoms with E-state index in [1.165, 1.54) is 0 Å². The predicted octanol–water partition coefficient (Wildman–Crippen LogP) is 1.18. The average molecular weight is 174 g/mol. The molecule has 1 aliphatic rings. The van der Waals surface area contributed by atoms with Crippen LogP contribution in [0.2, 0.25) is 0 Å². The van der Waals surface area contributed by atoms with Crippen LogP contribution in [0.15, 0.2) is 30.3 Å². The Morgan fingerprint density at radius 2 is 2.23 bits per heavy atom. The molecule has 1 aromatic carbocycles. The first-order chi connectivity index (χ1) is 6.42. The average Bonchev–Trinajstić information content (AvgIpc) is 2.19. The molecule has 1 amide bonds. The summed E-state index contributed by atoms with van der Waals surface area (Å²) in [5, 5.41) is 1.81. The van der Waals surface area contributed by atoms with E-state index in [0.717, 1.165) is 17.8 Å². The number of para-hydroxylation sites is 1. The smallest absolute Gasteiger partial charge is 0.225 e. The van der Waals surface area contributed by atoms with E-state index in [1.807, 2.05) is 35.4 Å². The van der Waals surface area contributed by atoms with Gasteiger partial charge in [0, 0.05) is 0 Å². The molecule has 0 unspecified atom stereocenters. The zero-order valence-electron chi connectivity index (χ0n) is 7.10. The molecule has 0 atom stereocenters. The molecule has 0 saturated heterocycles. The van der Waals surface area contributed by atoms with Crippen molar-refractivity contribution < 1.29 is 4.79 Å². The highest BCUT2D eigenvalue weighted by Crippen LogP contribution is 2.23. The third-order valence-corrected chi connectivity index (χ3v) is 2.02. The number of carbonyl (C=O) groups is 1. The first-order valence-electron chi connectivity index (χ1n) is 4.15. The van der Waals surface area contributed by atoms with Crippen LogP contribution in [0, 0.1) is 0 Å². The van der Waals surface area contributed by atoms with E-state index in [1.54, 1.807) is 0 Å². The van der Waals surface area contributed by atoms with Gasteiger partial charge >= 0.3 is 0 Å². The van der Waals surface area contributed by atoms with Gasteiger partial charge in [-0.2, -0.15) is 0 Å². The Morgan fingerprint density at radius 1 is 1.38 bits per heavy atom. The summed E-state index contributed by atoms with van der Waals surface area (Å²) < 4.78 is 0. The number of hydrogen-bond acceptors (Lipinski definition) is 2. The maximum Gasteiger partial charge on any atom is 0.225 e. The van der Waals surface area contributed by atoms with Gasteiger partial charge in [0.1, 0.15) is 0 Å². The Kier molecular flexibility index (Phi) is 2.00. The van der Waals surface area contributed by atoms with Gasteiger partial charge in [0.25, 0.3) is 0 Å². The topological polar surface area (TPSA) is 32.3 Å². The molecular formula is C10H10N2O.